The SMILES string of the molecule is COCCCOCCC1(CNC(C)(C)C)CC2CCC1C2. The third-order valence-electron chi connectivity index (χ3n) is 5.45. The first-order chi connectivity index (χ1) is 9.95. The Morgan fingerprint density at radius 2 is 1.95 bits per heavy atom. The van der Waals surface area contributed by atoms with Gasteiger partial charge < -0.3 is 14.8 Å². The van der Waals surface area contributed by atoms with E-state index in [1.165, 1.54) is 38.6 Å². The first kappa shape index (κ1) is 17.2. The van der Waals surface area contributed by atoms with Crippen molar-refractivity contribution in [3.05, 3.63) is 0 Å². The molecule has 2 bridgehead atoms. The van der Waals surface area contributed by atoms with E-state index in [-0.39, 0.29) is 5.54 Å². The second-order valence-electron chi connectivity index (χ2n) is 8.25. The molecule has 2 rings (SSSR count). The van der Waals surface area contributed by atoms with Crippen LogP contribution in [-0.4, -0.2) is 39.0 Å². The molecular weight excluding hydrogens is 262 g/mol. The first-order valence-corrected chi connectivity index (χ1v) is 8.77. The standard InChI is InChI=1S/C18H35NO2/c1-17(2,3)19-14-18(8-11-21-10-5-9-20-4)13-15-6-7-16(18)12-15/h15-16,19H,5-14H2,1-4H3. The van der Waals surface area contributed by atoms with Gasteiger partial charge in [-0.25, -0.2) is 0 Å². The van der Waals surface area contributed by atoms with Crippen molar-refractivity contribution in [1.29, 1.82) is 0 Å². The quantitative estimate of drug-likeness (QED) is 0.659. The van der Waals surface area contributed by atoms with Gasteiger partial charge in [0, 0.05) is 39.0 Å². The van der Waals surface area contributed by atoms with E-state index in [4.69, 9.17) is 9.47 Å². The third-order valence-corrected chi connectivity index (χ3v) is 5.45. The van der Waals surface area contributed by atoms with Crippen LogP contribution in [0.3, 0.4) is 0 Å². The van der Waals surface area contributed by atoms with Crippen molar-refractivity contribution in [2.24, 2.45) is 17.3 Å². The van der Waals surface area contributed by atoms with Crippen LogP contribution in [-0.2, 0) is 9.47 Å². The fourth-order valence-corrected chi connectivity index (χ4v) is 4.29. The van der Waals surface area contributed by atoms with E-state index < -0.39 is 0 Å². The Balaban J connectivity index is 1.79. The van der Waals surface area contributed by atoms with Crippen LogP contribution in [0, 0.1) is 17.3 Å². The van der Waals surface area contributed by atoms with Crippen LogP contribution in [0.4, 0.5) is 0 Å². The van der Waals surface area contributed by atoms with Gasteiger partial charge in [-0.3, -0.25) is 0 Å². The van der Waals surface area contributed by atoms with Crippen molar-refractivity contribution >= 4 is 0 Å². The highest BCUT2D eigenvalue weighted by Crippen LogP contribution is 2.57. The molecule has 124 valence electrons. The third kappa shape index (κ3) is 4.94. The molecule has 0 saturated heterocycles. The van der Waals surface area contributed by atoms with Gasteiger partial charge in [-0.15, -0.1) is 0 Å². The number of fused-ring (bicyclic) bond motifs is 2. The van der Waals surface area contributed by atoms with Gasteiger partial charge >= 0.3 is 0 Å². The van der Waals surface area contributed by atoms with E-state index in [2.05, 4.69) is 26.1 Å². The van der Waals surface area contributed by atoms with Gasteiger partial charge in [0.1, 0.15) is 0 Å². The summed E-state index contributed by atoms with van der Waals surface area (Å²) in [6.45, 7) is 10.5. The monoisotopic (exact) mass is 297 g/mol. The van der Waals surface area contributed by atoms with Gasteiger partial charge in [0.25, 0.3) is 0 Å². The molecule has 0 heterocycles. The highest BCUT2D eigenvalue weighted by atomic mass is 16.5. The number of hydrogen-bond donors (Lipinski definition) is 1. The Kier molecular flexibility index (Phi) is 6.10. The van der Waals surface area contributed by atoms with E-state index in [0.717, 1.165) is 38.1 Å². The van der Waals surface area contributed by atoms with E-state index in [1.54, 1.807) is 7.11 Å². The van der Waals surface area contributed by atoms with Crippen molar-refractivity contribution in [1.82, 2.24) is 5.32 Å². The summed E-state index contributed by atoms with van der Waals surface area (Å²) in [4.78, 5) is 0. The summed E-state index contributed by atoms with van der Waals surface area (Å²) in [5, 5.41) is 3.78. The van der Waals surface area contributed by atoms with Gasteiger partial charge in [0.15, 0.2) is 0 Å². The highest BCUT2D eigenvalue weighted by Gasteiger charge is 2.50. The second kappa shape index (κ2) is 7.43. The maximum atomic E-state index is 5.85. The molecule has 3 unspecified atom stereocenters. The molecule has 2 aliphatic rings. The molecule has 2 aliphatic carbocycles. The Hall–Kier alpha value is -0.120. The van der Waals surface area contributed by atoms with Crippen molar-refractivity contribution in [3.63, 3.8) is 0 Å². The predicted molar refractivity (Wildman–Crippen MR) is 87.6 cm³/mol. The summed E-state index contributed by atoms with van der Waals surface area (Å²) in [7, 11) is 1.75. The van der Waals surface area contributed by atoms with Gasteiger partial charge in [-0.1, -0.05) is 6.42 Å². The topological polar surface area (TPSA) is 30.5 Å². The van der Waals surface area contributed by atoms with Gasteiger partial charge in [0.2, 0.25) is 0 Å². The van der Waals surface area contributed by atoms with Crippen LogP contribution in [0.25, 0.3) is 0 Å². The summed E-state index contributed by atoms with van der Waals surface area (Å²) in [6.07, 6.45) is 8.04. The summed E-state index contributed by atoms with van der Waals surface area (Å²) in [5.74, 6) is 1.92. The Labute approximate surface area is 131 Å². The van der Waals surface area contributed by atoms with Crippen molar-refractivity contribution < 1.29 is 9.47 Å². The summed E-state index contributed by atoms with van der Waals surface area (Å²) in [5.41, 5.74) is 0.714. The largest absolute Gasteiger partial charge is 0.385 e. The smallest absolute Gasteiger partial charge is 0.0487 e. The zero-order chi connectivity index (χ0) is 15.3. The molecule has 2 saturated carbocycles. The minimum Gasteiger partial charge on any atom is -0.385 e. The average Bonchev–Trinajstić information content (AvgIpc) is 3.01. The van der Waals surface area contributed by atoms with Gasteiger partial charge in [-0.05, 0) is 70.1 Å². The lowest BCUT2D eigenvalue weighted by Crippen LogP contribution is -2.46. The summed E-state index contributed by atoms with van der Waals surface area (Å²) < 4.78 is 10.9. The Morgan fingerprint density at radius 1 is 1.14 bits per heavy atom. The molecule has 0 aromatic heterocycles. The highest BCUT2D eigenvalue weighted by molar-refractivity contribution is 5.02. The lowest BCUT2D eigenvalue weighted by atomic mass is 9.70. The van der Waals surface area contributed by atoms with Crippen LogP contribution in [0.15, 0.2) is 0 Å². The molecule has 0 spiro atoms. The number of methoxy groups -OCH3 is 1. The molecule has 3 nitrogen and oxygen atoms in total. The van der Waals surface area contributed by atoms with Crippen LogP contribution in [0.2, 0.25) is 0 Å². The molecule has 1 N–H and O–H groups in total. The lowest BCUT2D eigenvalue weighted by Gasteiger charge is -2.40. The molecule has 3 atom stereocenters. The van der Waals surface area contributed by atoms with Crippen molar-refractivity contribution in [2.75, 3.05) is 33.5 Å². The second-order valence-corrected chi connectivity index (χ2v) is 8.25. The molecule has 0 amide bonds. The van der Waals surface area contributed by atoms with E-state index in [1.807, 2.05) is 0 Å². The number of rotatable bonds is 9. The minimum atomic E-state index is 0.216. The number of hydrogen-bond acceptors (Lipinski definition) is 3. The maximum Gasteiger partial charge on any atom is 0.0487 e. The lowest BCUT2D eigenvalue weighted by molar-refractivity contribution is 0.0501. The first-order valence-electron chi connectivity index (χ1n) is 8.77. The van der Waals surface area contributed by atoms with Crippen LogP contribution in [0.5, 0.6) is 0 Å². The molecular formula is C18H35NO2. The molecule has 0 aliphatic heterocycles. The van der Waals surface area contributed by atoms with Gasteiger partial charge in [0.05, 0.1) is 0 Å². The number of nitrogens with one attached hydrogen (secondary N) is 1. The normalized spacial score (nSPS) is 32.0. The molecule has 2 fully saturated rings. The minimum absolute atomic E-state index is 0.216. The van der Waals surface area contributed by atoms with E-state index >= 15 is 0 Å². The molecule has 21 heavy (non-hydrogen) atoms. The summed E-state index contributed by atoms with van der Waals surface area (Å²) >= 11 is 0. The Morgan fingerprint density at radius 3 is 2.52 bits per heavy atom. The average molecular weight is 297 g/mol. The van der Waals surface area contributed by atoms with Crippen molar-refractivity contribution in [2.45, 2.75) is 64.8 Å². The van der Waals surface area contributed by atoms with E-state index in [9.17, 15) is 0 Å². The fraction of sp³-hybridized carbons (Fsp3) is 1.00. The zero-order valence-electron chi connectivity index (χ0n) is 14.5. The fourth-order valence-electron chi connectivity index (χ4n) is 4.29. The molecule has 3 heteroatoms. The molecule has 0 aromatic rings. The maximum absolute atomic E-state index is 5.85. The zero-order valence-corrected chi connectivity index (χ0v) is 14.5. The van der Waals surface area contributed by atoms with E-state index in [0.29, 0.717) is 5.41 Å². The Bertz CT molecular complexity index is 313. The molecule has 0 aromatic carbocycles. The van der Waals surface area contributed by atoms with Crippen molar-refractivity contribution in [3.8, 4) is 0 Å². The number of ether oxygens (including phenoxy) is 2. The van der Waals surface area contributed by atoms with Crippen LogP contribution < -0.4 is 5.32 Å². The van der Waals surface area contributed by atoms with Gasteiger partial charge in [-0.2, -0.15) is 0 Å². The predicted octanol–water partition coefficient (Wildman–Crippen LogP) is 3.62. The summed E-state index contributed by atoms with van der Waals surface area (Å²) in [6, 6.07) is 0. The van der Waals surface area contributed by atoms with Crippen LogP contribution in [0.1, 0.15) is 59.3 Å². The molecule has 0 radical (unpaired) electrons. The van der Waals surface area contributed by atoms with Crippen LogP contribution >= 0.6 is 0 Å².